The molecule has 1 aliphatic rings. The molecule has 1 rings (SSSR count). The first-order valence-corrected chi connectivity index (χ1v) is 3.49. The van der Waals surface area contributed by atoms with Crippen LogP contribution in [0.25, 0.3) is 0 Å². The highest BCUT2D eigenvalue weighted by Gasteiger charge is 2.17. The van der Waals surface area contributed by atoms with Gasteiger partial charge < -0.3 is 11.1 Å². The molecule has 0 saturated heterocycles. The summed E-state index contributed by atoms with van der Waals surface area (Å²) in [6.45, 7) is 0.312. The van der Waals surface area contributed by atoms with E-state index in [4.69, 9.17) is 5.73 Å². The molecule has 12 heavy (non-hydrogen) atoms. The van der Waals surface area contributed by atoms with E-state index in [-0.39, 0.29) is 0 Å². The Balaban J connectivity index is 2.64. The number of nitroso groups, excluding NO2 is 1. The van der Waals surface area contributed by atoms with Crippen molar-refractivity contribution in [3.8, 4) is 0 Å². The van der Waals surface area contributed by atoms with Gasteiger partial charge in [0.2, 0.25) is 0 Å². The second kappa shape index (κ2) is 3.77. The SMILES string of the molecule is NCC1=CC=CC(C(=O)N=O)N1. The van der Waals surface area contributed by atoms with E-state index >= 15 is 0 Å². The van der Waals surface area contributed by atoms with Crippen LogP contribution in [0.5, 0.6) is 0 Å². The zero-order valence-corrected chi connectivity index (χ0v) is 6.36. The Morgan fingerprint density at radius 3 is 3.08 bits per heavy atom. The summed E-state index contributed by atoms with van der Waals surface area (Å²) in [5.74, 6) is -0.731. The zero-order valence-electron chi connectivity index (χ0n) is 6.36. The van der Waals surface area contributed by atoms with Crippen LogP contribution in [0.4, 0.5) is 0 Å². The van der Waals surface area contributed by atoms with Crippen molar-refractivity contribution in [3.05, 3.63) is 28.8 Å². The molecule has 0 aromatic rings. The van der Waals surface area contributed by atoms with Crippen molar-refractivity contribution in [3.63, 3.8) is 0 Å². The summed E-state index contributed by atoms with van der Waals surface area (Å²) in [5.41, 5.74) is 6.04. The number of allylic oxidation sites excluding steroid dienone is 2. The van der Waals surface area contributed by atoms with E-state index in [9.17, 15) is 9.70 Å². The molecule has 1 amide bonds. The summed E-state index contributed by atoms with van der Waals surface area (Å²) >= 11 is 0. The molecular formula is C7H9N3O2. The van der Waals surface area contributed by atoms with E-state index in [1.165, 1.54) is 0 Å². The van der Waals surface area contributed by atoms with E-state index in [0.717, 1.165) is 5.70 Å². The first-order valence-electron chi connectivity index (χ1n) is 3.49. The molecule has 0 spiro atoms. The number of nitrogens with two attached hydrogens (primary N) is 1. The van der Waals surface area contributed by atoms with Crippen molar-refractivity contribution in [2.24, 2.45) is 10.9 Å². The summed E-state index contributed by atoms with van der Waals surface area (Å²) in [6.07, 6.45) is 4.98. The maximum Gasteiger partial charge on any atom is 0.312 e. The van der Waals surface area contributed by atoms with E-state index in [1.807, 2.05) is 0 Å². The fraction of sp³-hybridized carbons (Fsp3) is 0.286. The molecule has 1 unspecified atom stereocenters. The van der Waals surface area contributed by atoms with Crippen LogP contribution >= 0.6 is 0 Å². The third-order valence-corrected chi connectivity index (χ3v) is 1.52. The van der Waals surface area contributed by atoms with E-state index in [1.54, 1.807) is 18.2 Å². The van der Waals surface area contributed by atoms with Crippen LogP contribution in [0.1, 0.15) is 0 Å². The zero-order chi connectivity index (χ0) is 8.97. The number of amides is 1. The van der Waals surface area contributed by atoms with Crippen molar-refractivity contribution in [1.82, 2.24) is 5.32 Å². The quantitative estimate of drug-likeness (QED) is 0.550. The largest absolute Gasteiger partial charge is 0.373 e. The molecule has 64 valence electrons. The number of rotatable bonds is 2. The minimum Gasteiger partial charge on any atom is -0.373 e. The van der Waals surface area contributed by atoms with Gasteiger partial charge in [-0.2, -0.15) is 0 Å². The number of hydrogen-bond donors (Lipinski definition) is 2. The van der Waals surface area contributed by atoms with Crippen LogP contribution in [0.2, 0.25) is 0 Å². The maximum absolute atomic E-state index is 10.8. The third-order valence-electron chi connectivity index (χ3n) is 1.52. The molecule has 0 aliphatic carbocycles. The first kappa shape index (κ1) is 8.61. The van der Waals surface area contributed by atoms with Gasteiger partial charge in [-0.15, -0.1) is 4.91 Å². The first-order chi connectivity index (χ1) is 5.77. The minimum absolute atomic E-state index is 0.312. The van der Waals surface area contributed by atoms with Gasteiger partial charge in [0.05, 0.1) is 0 Å². The highest BCUT2D eigenvalue weighted by atomic mass is 16.3. The lowest BCUT2D eigenvalue weighted by Gasteiger charge is -2.16. The topological polar surface area (TPSA) is 84.6 Å². The lowest BCUT2D eigenvalue weighted by molar-refractivity contribution is -0.118. The molecule has 0 aromatic carbocycles. The standard InChI is InChI=1S/C7H9N3O2/c8-4-5-2-1-3-6(9-5)7(11)10-12/h1-3,6,9H,4,8H2. The number of carbonyl (C=O) groups is 1. The number of nitrogens with zero attached hydrogens (tertiary/aromatic N) is 1. The van der Waals surface area contributed by atoms with Crippen LogP contribution in [0, 0.1) is 4.91 Å². The molecule has 0 bridgehead atoms. The van der Waals surface area contributed by atoms with Crippen LogP contribution in [0.15, 0.2) is 29.1 Å². The minimum atomic E-state index is -0.731. The number of dihydropyridines is 1. The molecule has 1 atom stereocenters. The lowest BCUT2D eigenvalue weighted by Crippen LogP contribution is -2.37. The Kier molecular flexibility index (Phi) is 2.71. The van der Waals surface area contributed by atoms with Crippen LogP contribution in [-0.4, -0.2) is 18.5 Å². The van der Waals surface area contributed by atoms with E-state index < -0.39 is 11.9 Å². The van der Waals surface area contributed by atoms with Crippen molar-refractivity contribution in [2.45, 2.75) is 6.04 Å². The van der Waals surface area contributed by atoms with Crippen LogP contribution < -0.4 is 11.1 Å². The monoisotopic (exact) mass is 167 g/mol. The second-order valence-corrected chi connectivity index (χ2v) is 2.33. The average Bonchev–Trinajstić information content (AvgIpc) is 2.17. The molecular weight excluding hydrogens is 158 g/mol. The molecule has 5 heteroatoms. The normalized spacial score (nSPS) is 21.1. The number of nitrogens with one attached hydrogen (secondary N) is 1. The van der Waals surface area contributed by atoms with Gasteiger partial charge in [0.25, 0.3) is 0 Å². The molecule has 0 radical (unpaired) electrons. The van der Waals surface area contributed by atoms with Gasteiger partial charge in [-0.25, -0.2) is 0 Å². The Morgan fingerprint density at radius 1 is 1.75 bits per heavy atom. The van der Waals surface area contributed by atoms with Crippen molar-refractivity contribution in [1.29, 1.82) is 0 Å². The molecule has 3 N–H and O–H groups in total. The van der Waals surface area contributed by atoms with Crippen LogP contribution in [0.3, 0.4) is 0 Å². The Labute approximate surface area is 69.3 Å². The highest BCUT2D eigenvalue weighted by Crippen LogP contribution is 2.02. The average molecular weight is 167 g/mol. The molecule has 0 fully saturated rings. The second-order valence-electron chi connectivity index (χ2n) is 2.33. The summed E-state index contributed by atoms with van der Waals surface area (Å²) in [5, 5.41) is 5.07. The number of hydrogen-bond acceptors (Lipinski definition) is 4. The van der Waals surface area contributed by atoms with Gasteiger partial charge in [0.15, 0.2) is 0 Å². The third kappa shape index (κ3) is 1.76. The highest BCUT2D eigenvalue weighted by molar-refractivity contribution is 5.84. The van der Waals surface area contributed by atoms with Crippen LogP contribution in [-0.2, 0) is 4.79 Å². The Morgan fingerprint density at radius 2 is 2.50 bits per heavy atom. The molecule has 1 heterocycles. The van der Waals surface area contributed by atoms with Gasteiger partial charge in [-0.1, -0.05) is 12.2 Å². The van der Waals surface area contributed by atoms with Gasteiger partial charge in [0, 0.05) is 17.4 Å². The van der Waals surface area contributed by atoms with Crippen molar-refractivity contribution in [2.75, 3.05) is 6.54 Å². The van der Waals surface area contributed by atoms with Gasteiger partial charge in [-0.05, 0) is 6.08 Å². The summed E-state index contributed by atoms with van der Waals surface area (Å²) in [4.78, 5) is 20.6. The van der Waals surface area contributed by atoms with Gasteiger partial charge in [0.1, 0.15) is 6.04 Å². The number of carbonyl (C=O) groups excluding carboxylic acids is 1. The fourth-order valence-electron chi connectivity index (χ4n) is 0.907. The van der Waals surface area contributed by atoms with E-state index in [2.05, 4.69) is 10.5 Å². The molecule has 0 aromatic heterocycles. The Bertz CT molecular complexity index is 257. The molecule has 0 saturated carbocycles. The maximum atomic E-state index is 10.8. The van der Waals surface area contributed by atoms with Crippen molar-refractivity contribution < 1.29 is 4.79 Å². The van der Waals surface area contributed by atoms with Crippen molar-refractivity contribution >= 4 is 5.91 Å². The van der Waals surface area contributed by atoms with Gasteiger partial charge in [-0.3, -0.25) is 4.79 Å². The fourth-order valence-corrected chi connectivity index (χ4v) is 0.907. The smallest absolute Gasteiger partial charge is 0.312 e. The van der Waals surface area contributed by atoms with E-state index in [0.29, 0.717) is 6.54 Å². The van der Waals surface area contributed by atoms with Gasteiger partial charge >= 0.3 is 5.91 Å². The summed E-state index contributed by atoms with van der Waals surface area (Å²) in [7, 11) is 0. The predicted molar refractivity (Wildman–Crippen MR) is 44.0 cm³/mol. The predicted octanol–water partition coefficient (Wildman–Crippen LogP) is -0.350. The Hall–Kier alpha value is -1.49. The molecule has 1 aliphatic heterocycles. The lowest BCUT2D eigenvalue weighted by atomic mass is 10.1. The molecule has 5 nitrogen and oxygen atoms in total. The summed E-state index contributed by atoms with van der Waals surface area (Å²) in [6, 6.07) is -0.647. The summed E-state index contributed by atoms with van der Waals surface area (Å²) < 4.78 is 0.